The van der Waals surface area contributed by atoms with Gasteiger partial charge in [-0.25, -0.2) is 4.98 Å². The molecule has 0 amide bonds. The Labute approximate surface area is 161 Å². The summed E-state index contributed by atoms with van der Waals surface area (Å²) in [5, 5.41) is 4.78. The van der Waals surface area contributed by atoms with Gasteiger partial charge in [0.05, 0.1) is 5.01 Å². The van der Waals surface area contributed by atoms with E-state index in [4.69, 9.17) is 0 Å². The van der Waals surface area contributed by atoms with Crippen molar-refractivity contribution in [2.24, 2.45) is 16.8 Å². The number of fused-ring (bicyclic) bond motifs is 2. The van der Waals surface area contributed by atoms with Crippen molar-refractivity contribution in [1.29, 1.82) is 0 Å². The second-order valence-electron chi connectivity index (χ2n) is 8.06. The molecule has 0 aromatic carbocycles. The first-order chi connectivity index (χ1) is 12.8. The van der Waals surface area contributed by atoms with Gasteiger partial charge in [0, 0.05) is 63.3 Å². The quantitative estimate of drug-likeness (QED) is 0.635. The number of nitrogens with one attached hydrogen (secondary N) is 1. The largest absolute Gasteiger partial charge is 0.356 e. The molecule has 2 bridgehead atoms. The Kier molecular flexibility index (Phi) is 5.79. The van der Waals surface area contributed by atoms with Crippen LogP contribution in [0.3, 0.4) is 0 Å². The van der Waals surface area contributed by atoms with E-state index in [1.54, 1.807) is 0 Å². The van der Waals surface area contributed by atoms with Crippen molar-refractivity contribution in [3.63, 3.8) is 0 Å². The topological polar surface area (TPSA) is 43.8 Å². The standard InChI is InChI=1S/C20H33N5S/c1-3-17-14-23-19(26-17)6-7-22-20(21-2)25-10-8-24(9-11-25)18-13-15-4-5-16(18)12-15/h14-16,18H,3-13H2,1-2H3,(H,21,22). The van der Waals surface area contributed by atoms with Crippen molar-refractivity contribution in [2.45, 2.75) is 51.5 Å². The molecule has 3 atom stereocenters. The van der Waals surface area contributed by atoms with Gasteiger partial charge in [0.1, 0.15) is 0 Å². The van der Waals surface area contributed by atoms with Gasteiger partial charge in [0.2, 0.25) is 0 Å². The van der Waals surface area contributed by atoms with Crippen LogP contribution < -0.4 is 5.32 Å². The lowest BCUT2D eigenvalue weighted by Gasteiger charge is -2.41. The molecule has 1 aliphatic heterocycles. The van der Waals surface area contributed by atoms with Crippen LogP contribution in [0.25, 0.3) is 0 Å². The monoisotopic (exact) mass is 375 g/mol. The zero-order chi connectivity index (χ0) is 17.9. The molecule has 3 aliphatic rings. The van der Waals surface area contributed by atoms with Gasteiger partial charge < -0.3 is 10.2 Å². The summed E-state index contributed by atoms with van der Waals surface area (Å²) in [6, 6.07) is 0.878. The molecule has 4 rings (SSSR count). The first-order valence-electron chi connectivity index (χ1n) is 10.4. The van der Waals surface area contributed by atoms with Crippen molar-refractivity contribution in [1.82, 2.24) is 20.1 Å². The highest BCUT2D eigenvalue weighted by atomic mass is 32.1. The highest BCUT2D eigenvalue weighted by Gasteiger charge is 2.42. The van der Waals surface area contributed by atoms with Gasteiger partial charge in [0.15, 0.2) is 5.96 Å². The molecule has 2 saturated carbocycles. The minimum Gasteiger partial charge on any atom is -0.356 e. The van der Waals surface area contributed by atoms with E-state index in [9.17, 15) is 0 Å². The van der Waals surface area contributed by atoms with E-state index in [0.29, 0.717) is 0 Å². The Morgan fingerprint density at radius 3 is 2.73 bits per heavy atom. The molecule has 1 aromatic rings. The zero-order valence-electron chi connectivity index (χ0n) is 16.3. The Morgan fingerprint density at radius 2 is 2.12 bits per heavy atom. The van der Waals surface area contributed by atoms with Crippen LogP contribution in [0.1, 0.15) is 42.5 Å². The van der Waals surface area contributed by atoms with Gasteiger partial charge in [-0.05, 0) is 37.5 Å². The van der Waals surface area contributed by atoms with E-state index in [1.807, 2.05) is 24.6 Å². The van der Waals surface area contributed by atoms with E-state index in [0.717, 1.165) is 56.3 Å². The number of thiazole rings is 1. The number of rotatable bonds is 5. The average Bonchev–Trinajstić information content (AvgIpc) is 3.42. The number of aromatic nitrogens is 1. The number of piperazine rings is 1. The lowest BCUT2D eigenvalue weighted by Crippen LogP contribution is -2.55. The van der Waals surface area contributed by atoms with Gasteiger partial charge in [-0.2, -0.15) is 0 Å². The molecule has 26 heavy (non-hydrogen) atoms. The maximum Gasteiger partial charge on any atom is 0.193 e. The summed E-state index contributed by atoms with van der Waals surface area (Å²) in [5.41, 5.74) is 0. The summed E-state index contributed by atoms with van der Waals surface area (Å²) in [4.78, 5) is 15.6. The molecule has 1 N–H and O–H groups in total. The maximum absolute atomic E-state index is 4.52. The molecule has 6 heteroatoms. The van der Waals surface area contributed by atoms with Crippen molar-refractivity contribution >= 4 is 17.3 Å². The number of aliphatic imine (C=N–C) groups is 1. The molecular weight excluding hydrogens is 342 g/mol. The predicted octanol–water partition coefficient (Wildman–Crippen LogP) is 2.63. The van der Waals surface area contributed by atoms with Crippen LogP contribution in [-0.4, -0.2) is 66.6 Å². The van der Waals surface area contributed by atoms with Crippen molar-refractivity contribution < 1.29 is 0 Å². The van der Waals surface area contributed by atoms with Gasteiger partial charge in [-0.1, -0.05) is 13.3 Å². The molecule has 3 fully saturated rings. The molecule has 144 valence electrons. The maximum atomic E-state index is 4.52. The Balaban J connectivity index is 1.22. The van der Waals surface area contributed by atoms with Gasteiger partial charge >= 0.3 is 0 Å². The second-order valence-corrected chi connectivity index (χ2v) is 9.26. The number of hydrogen-bond donors (Lipinski definition) is 1. The normalized spacial score (nSPS) is 29.5. The second kappa shape index (κ2) is 8.26. The summed E-state index contributed by atoms with van der Waals surface area (Å²) in [7, 11) is 1.91. The summed E-state index contributed by atoms with van der Waals surface area (Å²) in [5.74, 6) is 3.09. The van der Waals surface area contributed by atoms with Crippen LogP contribution in [0.15, 0.2) is 11.2 Å². The molecule has 5 nitrogen and oxygen atoms in total. The molecule has 0 radical (unpaired) electrons. The third kappa shape index (κ3) is 3.91. The highest BCUT2D eigenvalue weighted by molar-refractivity contribution is 7.11. The third-order valence-electron chi connectivity index (χ3n) is 6.57. The summed E-state index contributed by atoms with van der Waals surface area (Å²) in [6.07, 6.45) is 10.0. The van der Waals surface area contributed by atoms with Crippen LogP contribution in [0.2, 0.25) is 0 Å². The van der Waals surface area contributed by atoms with Crippen LogP contribution in [0, 0.1) is 11.8 Å². The fraction of sp³-hybridized carbons (Fsp3) is 0.800. The summed E-state index contributed by atoms with van der Waals surface area (Å²) >= 11 is 1.84. The van der Waals surface area contributed by atoms with Crippen molar-refractivity contribution in [3.8, 4) is 0 Å². The fourth-order valence-electron chi connectivity index (χ4n) is 5.16. The molecule has 1 saturated heterocycles. The van der Waals surface area contributed by atoms with E-state index in [-0.39, 0.29) is 0 Å². The van der Waals surface area contributed by atoms with Crippen LogP contribution in [0.5, 0.6) is 0 Å². The molecule has 3 unspecified atom stereocenters. The lowest BCUT2D eigenvalue weighted by molar-refractivity contribution is 0.0959. The lowest BCUT2D eigenvalue weighted by atomic mass is 9.93. The first-order valence-corrected chi connectivity index (χ1v) is 11.2. The van der Waals surface area contributed by atoms with Gasteiger partial charge in [0.25, 0.3) is 0 Å². The summed E-state index contributed by atoms with van der Waals surface area (Å²) in [6.45, 7) is 7.70. The smallest absolute Gasteiger partial charge is 0.193 e. The van der Waals surface area contributed by atoms with Gasteiger partial charge in [-0.15, -0.1) is 11.3 Å². The Hall–Kier alpha value is -1.14. The molecule has 2 heterocycles. The predicted molar refractivity (Wildman–Crippen MR) is 109 cm³/mol. The summed E-state index contributed by atoms with van der Waals surface area (Å²) < 4.78 is 0. The fourth-order valence-corrected chi connectivity index (χ4v) is 6.03. The van der Waals surface area contributed by atoms with E-state index in [2.05, 4.69) is 32.0 Å². The zero-order valence-corrected chi connectivity index (χ0v) is 17.1. The van der Waals surface area contributed by atoms with Gasteiger partial charge in [-0.3, -0.25) is 9.89 Å². The minimum absolute atomic E-state index is 0.878. The van der Waals surface area contributed by atoms with E-state index >= 15 is 0 Å². The number of nitrogens with zero attached hydrogens (tertiary/aromatic N) is 4. The van der Waals surface area contributed by atoms with E-state index in [1.165, 1.54) is 48.7 Å². The van der Waals surface area contributed by atoms with E-state index < -0.39 is 0 Å². The Morgan fingerprint density at radius 1 is 1.27 bits per heavy atom. The SMILES string of the molecule is CCc1cnc(CCNC(=NC)N2CCN(C3CC4CCC3C4)CC2)s1. The van der Waals surface area contributed by atoms with Crippen molar-refractivity contribution in [2.75, 3.05) is 39.8 Å². The molecular formula is C20H33N5S. The number of aryl methyl sites for hydroxylation is 1. The molecule has 0 spiro atoms. The highest BCUT2D eigenvalue weighted by Crippen LogP contribution is 2.46. The van der Waals surface area contributed by atoms with Crippen molar-refractivity contribution in [3.05, 3.63) is 16.1 Å². The van der Waals surface area contributed by atoms with Crippen LogP contribution in [0.4, 0.5) is 0 Å². The molecule has 1 aromatic heterocycles. The number of guanidine groups is 1. The first kappa shape index (κ1) is 18.2. The van der Waals surface area contributed by atoms with Crippen LogP contribution in [-0.2, 0) is 12.8 Å². The Bertz CT molecular complexity index is 619. The molecule has 2 aliphatic carbocycles. The van der Waals surface area contributed by atoms with Crippen LogP contribution >= 0.6 is 11.3 Å². The minimum atomic E-state index is 0.878. The number of hydrogen-bond acceptors (Lipinski definition) is 4. The third-order valence-corrected chi connectivity index (χ3v) is 7.77. The average molecular weight is 376 g/mol.